The van der Waals surface area contributed by atoms with Gasteiger partial charge in [0.1, 0.15) is 11.3 Å². The molecule has 7 nitrogen and oxygen atoms in total. The molecule has 1 aromatic carbocycles. The second-order valence-corrected chi connectivity index (χ2v) is 8.56. The van der Waals surface area contributed by atoms with Gasteiger partial charge in [0.25, 0.3) is 11.5 Å². The van der Waals surface area contributed by atoms with E-state index >= 15 is 0 Å². The summed E-state index contributed by atoms with van der Waals surface area (Å²) in [5.74, 6) is 0.755. The summed E-state index contributed by atoms with van der Waals surface area (Å²) in [6.07, 6.45) is 2.05. The van der Waals surface area contributed by atoms with E-state index < -0.39 is 0 Å². The number of hydrogen-bond acceptors (Lipinski definition) is 5. The third kappa shape index (κ3) is 4.46. The first-order chi connectivity index (χ1) is 15.0. The van der Waals surface area contributed by atoms with Gasteiger partial charge < -0.3 is 19.5 Å². The molecule has 3 heterocycles. The highest BCUT2D eigenvalue weighted by Gasteiger charge is 2.31. The molecule has 1 atom stereocenters. The summed E-state index contributed by atoms with van der Waals surface area (Å²) in [5, 5.41) is 0. The number of carbonyl (C=O) groups is 1. The van der Waals surface area contributed by atoms with E-state index in [9.17, 15) is 9.59 Å². The number of anilines is 1. The number of likely N-dealkylation sites (tertiary alicyclic amines) is 1. The molecule has 2 saturated heterocycles. The van der Waals surface area contributed by atoms with E-state index in [1.54, 1.807) is 13.2 Å². The smallest absolute Gasteiger partial charge is 0.261 e. The van der Waals surface area contributed by atoms with Crippen LogP contribution in [-0.4, -0.2) is 73.1 Å². The maximum atomic E-state index is 13.1. The van der Waals surface area contributed by atoms with Gasteiger partial charge in [-0.05, 0) is 50.5 Å². The van der Waals surface area contributed by atoms with E-state index in [0.717, 1.165) is 61.7 Å². The molecule has 2 fully saturated rings. The Balaban J connectivity index is 1.40. The maximum Gasteiger partial charge on any atom is 0.261 e. The van der Waals surface area contributed by atoms with E-state index in [1.807, 2.05) is 36.9 Å². The molecule has 0 aliphatic carbocycles. The van der Waals surface area contributed by atoms with E-state index in [-0.39, 0.29) is 17.0 Å². The molecule has 31 heavy (non-hydrogen) atoms. The molecule has 2 aliphatic rings. The molecule has 7 heteroatoms. The molecule has 1 aromatic heterocycles. The lowest BCUT2D eigenvalue weighted by Gasteiger charge is -2.44. The number of aromatic nitrogens is 1. The lowest BCUT2D eigenvalue weighted by molar-refractivity contribution is 0.0561. The van der Waals surface area contributed by atoms with Crippen molar-refractivity contribution < 1.29 is 9.53 Å². The van der Waals surface area contributed by atoms with Crippen molar-refractivity contribution in [2.75, 3.05) is 51.3 Å². The minimum absolute atomic E-state index is 0.151. The zero-order chi connectivity index (χ0) is 22.0. The van der Waals surface area contributed by atoms with Crippen molar-refractivity contribution >= 4 is 11.6 Å². The normalized spacial score (nSPS) is 20.0. The number of rotatable bonds is 4. The summed E-state index contributed by atoms with van der Waals surface area (Å²) in [6, 6.07) is 10.2. The van der Waals surface area contributed by atoms with Crippen LogP contribution in [0.5, 0.6) is 5.75 Å². The lowest BCUT2D eigenvalue weighted by atomic mass is 10.0. The molecule has 2 aromatic rings. The van der Waals surface area contributed by atoms with Gasteiger partial charge in [0.2, 0.25) is 0 Å². The molecule has 0 unspecified atom stereocenters. The highest BCUT2D eigenvalue weighted by atomic mass is 16.5. The van der Waals surface area contributed by atoms with E-state index in [4.69, 9.17) is 4.74 Å². The maximum absolute atomic E-state index is 13.1. The second kappa shape index (κ2) is 9.14. The SMILES string of the molecule is COc1ccccc1N1CCN([C@H]2CCCN(C(=O)c3cc(C)c(C)[nH]c3=O)C2)CC1. The number of amides is 1. The minimum atomic E-state index is -0.291. The number of benzene rings is 1. The number of carbonyl (C=O) groups excluding carboxylic acids is 1. The highest BCUT2D eigenvalue weighted by Crippen LogP contribution is 2.29. The van der Waals surface area contributed by atoms with Crippen LogP contribution in [0, 0.1) is 13.8 Å². The van der Waals surface area contributed by atoms with E-state index in [2.05, 4.69) is 20.9 Å². The summed E-state index contributed by atoms with van der Waals surface area (Å²) >= 11 is 0. The van der Waals surface area contributed by atoms with Crippen LogP contribution in [0.4, 0.5) is 5.69 Å². The van der Waals surface area contributed by atoms with E-state index in [1.165, 1.54) is 0 Å². The monoisotopic (exact) mass is 424 g/mol. The van der Waals surface area contributed by atoms with Crippen molar-refractivity contribution in [1.29, 1.82) is 0 Å². The molecular formula is C24H32N4O3. The van der Waals surface area contributed by atoms with Crippen LogP contribution in [-0.2, 0) is 0 Å². The molecule has 1 amide bonds. The van der Waals surface area contributed by atoms with Crippen molar-refractivity contribution in [3.8, 4) is 5.75 Å². The molecule has 1 N–H and O–H groups in total. The number of nitrogens with one attached hydrogen (secondary N) is 1. The number of pyridine rings is 1. The van der Waals surface area contributed by atoms with Crippen LogP contribution in [0.15, 0.2) is 35.1 Å². The van der Waals surface area contributed by atoms with Crippen molar-refractivity contribution in [2.24, 2.45) is 0 Å². The van der Waals surface area contributed by atoms with Crippen LogP contribution in [0.1, 0.15) is 34.5 Å². The molecule has 0 saturated carbocycles. The Morgan fingerprint density at radius 3 is 2.58 bits per heavy atom. The number of ether oxygens (including phenoxy) is 1. The molecule has 0 radical (unpaired) electrons. The number of piperidine rings is 1. The summed E-state index contributed by atoms with van der Waals surface area (Å²) in [7, 11) is 1.71. The van der Waals surface area contributed by atoms with Gasteiger partial charge in [-0.25, -0.2) is 0 Å². The minimum Gasteiger partial charge on any atom is -0.495 e. The largest absolute Gasteiger partial charge is 0.495 e. The number of methoxy groups -OCH3 is 1. The first-order valence-electron chi connectivity index (χ1n) is 11.1. The standard InChI is InChI=1S/C24H32N4O3/c1-17-15-20(23(29)25-18(17)2)24(30)28-10-6-7-19(16-28)26-11-13-27(14-12-26)21-8-4-5-9-22(21)31-3/h4-5,8-9,15,19H,6-7,10-14,16H2,1-3H3,(H,25,29)/t19-/m0/s1. The summed E-state index contributed by atoms with van der Waals surface area (Å²) in [4.78, 5) is 35.0. The fourth-order valence-corrected chi connectivity index (χ4v) is 4.71. The Bertz CT molecular complexity index is 995. The number of aromatic amines is 1. The average molecular weight is 425 g/mol. The van der Waals surface area contributed by atoms with Gasteiger partial charge in [-0.1, -0.05) is 12.1 Å². The topological polar surface area (TPSA) is 68.9 Å². The summed E-state index contributed by atoms with van der Waals surface area (Å²) < 4.78 is 5.52. The average Bonchev–Trinajstić information content (AvgIpc) is 2.81. The zero-order valence-electron chi connectivity index (χ0n) is 18.7. The van der Waals surface area contributed by atoms with Gasteiger partial charge in [0.15, 0.2) is 0 Å². The molecule has 2 aliphatic heterocycles. The lowest BCUT2D eigenvalue weighted by Crippen LogP contribution is -2.56. The summed E-state index contributed by atoms with van der Waals surface area (Å²) in [5.41, 5.74) is 2.85. The Hall–Kier alpha value is -2.80. The van der Waals surface area contributed by atoms with Gasteiger partial charge in [-0.3, -0.25) is 14.5 Å². The Kier molecular flexibility index (Phi) is 6.32. The zero-order valence-corrected chi connectivity index (χ0v) is 18.7. The fraction of sp³-hybridized carbons (Fsp3) is 0.500. The Labute approximate surface area is 183 Å². The predicted molar refractivity (Wildman–Crippen MR) is 122 cm³/mol. The van der Waals surface area contributed by atoms with E-state index in [0.29, 0.717) is 19.1 Å². The molecule has 4 rings (SSSR count). The van der Waals surface area contributed by atoms with Gasteiger partial charge in [0.05, 0.1) is 12.8 Å². The quantitative estimate of drug-likeness (QED) is 0.817. The molecule has 0 spiro atoms. The third-order valence-corrected chi connectivity index (χ3v) is 6.67. The number of nitrogens with zero attached hydrogens (tertiary/aromatic N) is 3. The highest BCUT2D eigenvalue weighted by molar-refractivity contribution is 5.94. The third-order valence-electron chi connectivity index (χ3n) is 6.67. The van der Waals surface area contributed by atoms with Crippen LogP contribution < -0.4 is 15.2 Å². The number of hydrogen-bond donors (Lipinski definition) is 1. The molecule has 0 bridgehead atoms. The molecule has 166 valence electrons. The van der Waals surface area contributed by atoms with Gasteiger partial charge >= 0.3 is 0 Å². The van der Waals surface area contributed by atoms with Crippen molar-refractivity contribution in [2.45, 2.75) is 32.7 Å². The Morgan fingerprint density at radius 1 is 1.10 bits per heavy atom. The van der Waals surface area contributed by atoms with Crippen molar-refractivity contribution in [1.82, 2.24) is 14.8 Å². The first kappa shape index (κ1) is 21.4. The number of H-pyrrole nitrogens is 1. The van der Waals surface area contributed by atoms with Gasteiger partial charge in [0, 0.05) is 51.0 Å². The number of para-hydroxylation sites is 2. The van der Waals surface area contributed by atoms with Crippen LogP contribution in [0.3, 0.4) is 0 Å². The van der Waals surface area contributed by atoms with Crippen LogP contribution in [0.2, 0.25) is 0 Å². The summed E-state index contributed by atoms with van der Waals surface area (Å²) in [6.45, 7) is 8.94. The fourth-order valence-electron chi connectivity index (χ4n) is 4.71. The van der Waals surface area contributed by atoms with Crippen molar-refractivity contribution in [3.05, 3.63) is 57.5 Å². The van der Waals surface area contributed by atoms with Gasteiger partial charge in [-0.15, -0.1) is 0 Å². The Morgan fingerprint density at radius 2 is 1.84 bits per heavy atom. The predicted octanol–water partition coefficient (Wildman–Crippen LogP) is 2.43. The molecular weight excluding hydrogens is 392 g/mol. The van der Waals surface area contributed by atoms with Crippen LogP contribution >= 0.6 is 0 Å². The van der Waals surface area contributed by atoms with Crippen molar-refractivity contribution in [3.63, 3.8) is 0 Å². The second-order valence-electron chi connectivity index (χ2n) is 8.56. The van der Waals surface area contributed by atoms with Crippen LogP contribution in [0.25, 0.3) is 0 Å². The first-order valence-corrected chi connectivity index (χ1v) is 11.1. The number of aryl methyl sites for hydroxylation is 2. The van der Waals surface area contributed by atoms with Gasteiger partial charge in [-0.2, -0.15) is 0 Å². The number of piperazine rings is 1.